The van der Waals surface area contributed by atoms with Crippen LogP contribution in [0.25, 0.3) is 0 Å². The molecule has 1 heterocycles. The SMILES string of the molecule is CCNC(=NCc1ccc(Cl)cc1)NCc1ncccc1C.I. The van der Waals surface area contributed by atoms with Crippen LogP contribution in [0.5, 0.6) is 0 Å². The van der Waals surface area contributed by atoms with E-state index in [1.807, 2.05) is 43.5 Å². The number of nitrogens with one attached hydrogen (secondary N) is 2. The fraction of sp³-hybridized carbons (Fsp3) is 0.294. The summed E-state index contributed by atoms with van der Waals surface area (Å²) in [6.45, 7) is 6.17. The van der Waals surface area contributed by atoms with E-state index in [9.17, 15) is 0 Å². The van der Waals surface area contributed by atoms with Crippen LogP contribution < -0.4 is 10.6 Å². The summed E-state index contributed by atoms with van der Waals surface area (Å²) in [6, 6.07) is 11.7. The van der Waals surface area contributed by atoms with Gasteiger partial charge in [0.05, 0.1) is 18.8 Å². The Kier molecular flexibility index (Phi) is 8.94. The fourth-order valence-corrected chi connectivity index (χ4v) is 2.10. The maximum absolute atomic E-state index is 5.89. The molecule has 0 saturated carbocycles. The van der Waals surface area contributed by atoms with Crippen molar-refractivity contribution in [2.24, 2.45) is 4.99 Å². The third-order valence-corrected chi connectivity index (χ3v) is 3.47. The average Bonchev–Trinajstić information content (AvgIpc) is 2.53. The maximum Gasteiger partial charge on any atom is 0.191 e. The van der Waals surface area contributed by atoms with Gasteiger partial charge in [-0.1, -0.05) is 29.8 Å². The van der Waals surface area contributed by atoms with Crippen LogP contribution in [0.2, 0.25) is 5.02 Å². The number of halogens is 2. The zero-order valence-corrected chi connectivity index (χ0v) is 16.4. The fourth-order valence-electron chi connectivity index (χ4n) is 1.97. The number of guanidine groups is 1. The van der Waals surface area contributed by atoms with E-state index in [1.54, 1.807) is 0 Å². The molecular formula is C17H22ClIN4. The van der Waals surface area contributed by atoms with Crippen LogP contribution in [0.3, 0.4) is 0 Å². The van der Waals surface area contributed by atoms with E-state index in [-0.39, 0.29) is 24.0 Å². The number of benzene rings is 1. The van der Waals surface area contributed by atoms with E-state index in [2.05, 4.69) is 33.6 Å². The molecule has 6 heteroatoms. The zero-order valence-electron chi connectivity index (χ0n) is 13.3. The lowest BCUT2D eigenvalue weighted by Gasteiger charge is -2.12. The molecular weight excluding hydrogens is 423 g/mol. The van der Waals surface area contributed by atoms with Gasteiger partial charge >= 0.3 is 0 Å². The molecule has 0 unspecified atom stereocenters. The molecule has 0 amide bonds. The second kappa shape index (κ2) is 10.4. The van der Waals surface area contributed by atoms with Gasteiger partial charge in [0.15, 0.2) is 5.96 Å². The predicted molar refractivity (Wildman–Crippen MR) is 107 cm³/mol. The van der Waals surface area contributed by atoms with Gasteiger partial charge in [0.2, 0.25) is 0 Å². The Morgan fingerprint density at radius 1 is 1.17 bits per heavy atom. The van der Waals surface area contributed by atoms with Crippen molar-refractivity contribution in [3.63, 3.8) is 0 Å². The Labute approximate surface area is 159 Å². The highest BCUT2D eigenvalue weighted by Gasteiger charge is 2.01. The molecule has 23 heavy (non-hydrogen) atoms. The number of aryl methyl sites for hydroxylation is 1. The minimum Gasteiger partial charge on any atom is -0.357 e. The van der Waals surface area contributed by atoms with Crippen LogP contribution in [0.1, 0.15) is 23.7 Å². The van der Waals surface area contributed by atoms with Gasteiger partial charge in [-0.25, -0.2) is 4.99 Å². The molecule has 0 spiro atoms. The summed E-state index contributed by atoms with van der Waals surface area (Å²) in [6.07, 6.45) is 1.81. The minimum atomic E-state index is 0. The van der Waals surface area contributed by atoms with Crippen molar-refractivity contribution in [2.75, 3.05) is 6.54 Å². The number of pyridine rings is 1. The van der Waals surface area contributed by atoms with Gasteiger partial charge in [0.25, 0.3) is 0 Å². The van der Waals surface area contributed by atoms with Crippen molar-refractivity contribution >= 4 is 41.5 Å². The monoisotopic (exact) mass is 444 g/mol. The largest absolute Gasteiger partial charge is 0.357 e. The lowest BCUT2D eigenvalue weighted by Crippen LogP contribution is -2.37. The second-order valence-electron chi connectivity index (χ2n) is 4.94. The van der Waals surface area contributed by atoms with E-state index in [1.165, 1.54) is 5.56 Å². The molecule has 0 aliphatic carbocycles. The summed E-state index contributed by atoms with van der Waals surface area (Å²) in [4.78, 5) is 8.96. The first-order valence-electron chi connectivity index (χ1n) is 7.36. The molecule has 1 aromatic carbocycles. The van der Waals surface area contributed by atoms with Gasteiger partial charge in [0.1, 0.15) is 0 Å². The number of hydrogen-bond acceptors (Lipinski definition) is 2. The number of hydrogen-bond donors (Lipinski definition) is 2. The van der Waals surface area contributed by atoms with Crippen LogP contribution in [-0.2, 0) is 13.1 Å². The van der Waals surface area contributed by atoms with Gasteiger partial charge < -0.3 is 10.6 Å². The summed E-state index contributed by atoms with van der Waals surface area (Å²) >= 11 is 5.89. The second-order valence-corrected chi connectivity index (χ2v) is 5.38. The Bertz CT molecular complexity index is 629. The number of nitrogens with zero attached hydrogens (tertiary/aromatic N) is 2. The lowest BCUT2D eigenvalue weighted by atomic mass is 10.2. The molecule has 0 saturated heterocycles. The Balaban J connectivity index is 0.00000264. The molecule has 0 fully saturated rings. The first-order valence-corrected chi connectivity index (χ1v) is 7.74. The Morgan fingerprint density at radius 2 is 1.91 bits per heavy atom. The summed E-state index contributed by atoms with van der Waals surface area (Å²) in [5.41, 5.74) is 3.32. The molecule has 0 bridgehead atoms. The van der Waals surface area contributed by atoms with Gasteiger partial charge in [0, 0.05) is 17.8 Å². The molecule has 4 nitrogen and oxygen atoms in total. The van der Waals surface area contributed by atoms with Gasteiger partial charge in [-0.05, 0) is 43.2 Å². The van der Waals surface area contributed by atoms with Crippen LogP contribution in [0.4, 0.5) is 0 Å². The molecule has 0 radical (unpaired) electrons. The predicted octanol–water partition coefficient (Wildman–Crippen LogP) is 3.92. The van der Waals surface area contributed by atoms with Crippen molar-refractivity contribution in [1.82, 2.24) is 15.6 Å². The van der Waals surface area contributed by atoms with E-state index >= 15 is 0 Å². The van der Waals surface area contributed by atoms with E-state index in [0.717, 1.165) is 28.8 Å². The molecule has 124 valence electrons. The molecule has 1 aromatic heterocycles. The molecule has 0 aliphatic rings. The van der Waals surface area contributed by atoms with E-state index < -0.39 is 0 Å². The smallest absolute Gasteiger partial charge is 0.191 e. The highest BCUT2D eigenvalue weighted by Crippen LogP contribution is 2.10. The van der Waals surface area contributed by atoms with Crippen molar-refractivity contribution in [1.29, 1.82) is 0 Å². The summed E-state index contributed by atoms with van der Waals surface area (Å²) < 4.78 is 0. The first kappa shape index (κ1) is 19.7. The summed E-state index contributed by atoms with van der Waals surface area (Å²) in [5, 5.41) is 7.29. The topological polar surface area (TPSA) is 49.3 Å². The standard InChI is InChI=1S/C17H21ClN4.HI/c1-3-19-17(21-11-14-6-8-15(18)9-7-14)22-12-16-13(2)5-4-10-20-16;/h4-10H,3,11-12H2,1-2H3,(H2,19,21,22);1H. The lowest BCUT2D eigenvalue weighted by molar-refractivity contribution is 0.794. The van der Waals surface area contributed by atoms with Gasteiger partial charge in [-0.3, -0.25) is 4.98 Å². The number of aliphatic imine (C=N–C) groups is 1. The minimum absolute atomic E-state index is 0. The van der Waals surface area contributed by atoms with E-state index in [0.29, 0.717) is 13.1 Å². The molecule has 0 aliphatic heterocycles. The van der Waals surface area contributed by atoms with Crippen molar-refractivity contribution < 1.29 is 0 Å². The molecule has 2 N–H and O–H groups in total. The van der Waals surface area contributed by atoms with Crippen molar-refractivity contribution in [3.8, 4) is 0 Å². The van der Waals surface area contributed by atoms with Gasteiger partial charge in [-0.15, -0.1) is 24.0 Å². The number of aromatic nitrogens is 1. The van der Waals surface area contributed by atoms with Crippen molar-refractivity contribution in [3.05, 3.63) is 64.4 Å². The van der Waals surface area contributed by atoms with E-state index in [4.69, 9.17) is 11.6 Å². The summed E-state index contributed by atoms with van der Waals surface area (Å²) in [5.74, 6) is 0.780. The van der Waals surface area contributed by atoms with Crippen LogP contribution >= 0.6 is 35.6 Å². The van der Waals surface area contributed by atoms with Gasteiger partial charge in [-0.2, -0.15) is 0 Å². The molecule has 0 atom stereocenters. The zero-order chi connectivity index (χ0) is 15.8. The maximum atomic E-state index is 5.89. The molecule has 2 aromatic rings. The normalized spacial score (nSPS) is 10.8. The Morgan fingerprint density at radius 3 is 2.57 bits per heavy atom. The Hall–Kier alpha value is -1.34. The third kappa shape index (κ3) is 6.74. The first-order chi connectivity index (χ1) is 10.7. The van der Waals surface area contributed by atoms with Crippen LogP contribution in [0, 0.1) is 6.92 Å². The highest BCUT2D eigenvalue weighted by molar-refractivity contribution is 14.0. The average molecular weight is 445 g/mol. The number of rotatable bonds is 5. The molecule has 2 rings (SSSR count). The van der Waals surface area contributed by atoms with Crippen LogP contribution in [-0.4, -0.2) is 17.5 Å². The van der Waals surface area contributed by atoms with Crippen molar-refractivity contribution in [2.45, 2.75) is 26.9 Å². The summed E-state index contributed by atoms with van der Waals surface area (Å²) in [7, 11) is 0. The quantitative estimate of drug-likeness (QED) is 0.417. The van der Waals surface area contributed by atoms with Crippen LogP contribution in [0.15, 0.2) is 47.6 Å². The third-order valence-electron chi connectivity index (χ3n) is 3.22. The highest BCUT2D eigenvalue weighted by atomic mass is 127.